The molecule has 0 fully saturated rings. The maximum Gasteiger partial charge on any atom is 0.301 e. The number of hydrogen-bond donors (Lipinski definition) is 1. The van der Waals surface area contributed by atoms with Gasteiger partial charge in [0.05, 0.1) is 18.1 Å². The van der Waals surface area contributed by atoms with Crippen molar-refractivity contribution in [2.24, 2.45) is 0 Å². The van der Waals surface area contributed by atoms with Gasteiger partial charge in [0, 0.05) is 11.6 Å². The lowest BCUT2D eigenvalue weighted by atomic mass is 10.2. The number of oxazole rings is 1. The van der Waals surface area contributed by atoms with Crippen molar-refractivity contribution in [1.82, 2.24) is 15.0 Å². The van der Waals surface area contributed by atoms with Crippen molar-refractivity contribution in [2.75, 3.05) is 5.32 Å². The predicted octanol–water partition coefficient (Wildman–Crippen LogP) is 2.96. The van der Waals surface area contributed by atoms with Crippen molar-refractivity contribution in [3.63, 3.8) is 0 Å². The molecule has 8 heteroatoms. The topological polar surface area (TPSA) is 90.1 Å². The molecule has 0 bridgehead atoms. The van der Waals surface area contributed by atoms with Crippen LogP contribution in [0.15, 0.2) is 47.6 Å². The molecular weight excluding hydrogens is 303 g/mol. The lowest BCUT2D eigenvalue weighted by molar-refractivity contribution is 0.102. The number of carbonyl (C=O) groups is 1. The van der Waals surface area contributed by atoms with Crippen LogP contribution in [0.2, 0.25) is 0 Å². The van der Waals surface area contributed by atoms with Crippen molar-refractivity contribution in [2.45, 2.75) is 6.92 Å². The molecule has 0 spiro atoms. The van der Waals surface area contributed by atoms with Crippen LogP contribution in [-0.2, 0) is 0 Å². The van der Waals surface area contributed by atoms with E-state index in [9.17, 15) is 9.18 Å². The molecule has 3 aromatic rings. The minimum absolute atomic E-state index is 0.0377. The Labute approximate surface area is 130 Å². The van der Waals surface area contributed by atoms with E-state index in [4.69, 9.17) is 9.15 Å². The van der Waals surface area contributed by atoms with E-state index < -0.39 is 11.7 Å². The zero-order valence-electron chi connectivity index (χ0n) is 12.0. The molecule has 0 unspecified atom stereocenters. The first-order valence-electron chi connectivity index (χ1n) is 6.57. The minimum atomic E-state index is -0.618. The monoisotopic (exact) mass is 314 g/mol. The molecule has 1 N–H and O–H groups in total. The predicted molar refractivity (Wildman–Crippen MR) is 77.7 cm³/mol. The largest absolute Gasteiger partial charge is 0.454 e. The van der Waals surface area contributed by atoms with Gasteiger partial charge in [-0.1, -0.05) is 0 Å². The van der Waals surface area contributed by atoms with E-state index in [-0.39, 0.29) is 17.3 Å². The van der Waals surface area contributed by atoms with Crippen LogP contribution in [0.25, 0.3) is 0 Å². The van der Waals surface area contributed by atoms with E-state index in [1.54, 1.807) is 6.92 Å². The molecule has 116 valence electrons. The van der Waals surface area contributed by atoms with Crippen LogP contribution in [0.1, 0.15) is 16.1 Å². The molecule has 1 amide bonds. The molecule has 1 aromatic carbocycles. The first-order valence-corrected chi connectivity index (χ1v) is 6.57. The number of hydrogen-bond acceptors (Lipinski definition) is 6. The summed E-state index contributed by atoms with van der Waals surface area (Å²) >= 11 is 0. The highest BCUT2D eigenvalue weighted by atomic mass is 19.1. The van der Waals surface area contributed by atoms with E-state index in [1.165, 1.54) is 31.1 Å². The number of carbonyl (C=O) groups excluding carboxylic acids is 1. The molecule has 0 atom stereocenters. The zero-order chi connectivity index (χ0) is 16.2. The Morgan fingerprint density at radius 1 is 1.22 bits per heavy atom. The number of anilines is 1. The number of amides is 1. The maximum atomic E-state index is 13.7. The lowest BCUT2D eigenvalue weighted by Crippen LogP contribution is -2.12. The summed E-state index contributed by atoms with van der Waals surface area (Å²) in [7, 11) is 0. The SMILES string of the molecule is Cc1coc(NC(=O)c2cc(F)cc(Oc3cncnc3)c2)n1. The van der Waals surface area contributed by atoms with Crippen molar-refractivity contribution in [3.8, 4) is 11.5 Å². The fraction of sp³-hybridized carbons (Fsp3) is 0.0667. The summed E-state index contributed by atoms with van der Waals surface area (Å²) in [6.07, 6.45) is 5.58. The number of nitrogens with zero attached hydrogens (tertiary/aromatic N) is 3. The Morgan fingerprint density at radius 3 is 2.70 bits per heavy atom. The second-order valence-corrected chi connectivity index (χ2v) is 4.60. The highest BCUT2D eigenvalue weighted by molar-refractivity contribution is 6.03. The lowest BCUT2D eigenvalue weighted by Gasteiger charge is -2.07. The van der Waals surface area contributed by atoms with Crippen molar-refractivity contribution in [3.05, 3.63) is 60.3 Å². The van der Waals surface area contributed by atoms with Gasteiger partial charge < -0.3 is 9.15 Å². The first-order chi connectivity index (χ1) is 11.1. The summed E-state index contributed by atoms with van der Waals surface area (Å²) in [5.74, 6) is -0.713. The Bertz CT molecular complexity index is 836. The van der Waals surface area contributed by atoms with Crippen LogP contribution in [0.5, 0.6) is 11.5 Å². The number of benzene rings is 1. The summed E-state index contributed by atoms with van der Waals surface area (Å²) in [5, 5.41) is 2.43. The summed E-state index contributed by atoms with van der Waals surface area (Å²) in [6.45, 7) is 1.72. The van der Waals surface area contributed by atoms with Gasteiger partial charge in [0.2, 0.25) is 0 Å². The van der Waals surface area contributed by atoms with Gasteiger partial charge in [-0.2, -0.15) is 4.98 Å². The van der Waals surface area contributed by atoms with Crippen LogP contribution in [0, 0.1) is 12.7 Å². The fourth-order valence-corrected chi connectivity index (χ4v) is 1.81. The van der Waals surface area contributed by atoms with Crippen LogP contribution in [-0.4, -0.2) is 20.9 Å². The molecule has 23 heavy (non-hydrogen) atoms. The molecule has 0 aliphatic carbocycles. The van der Waals surface area contributed by atoms with Crippen LogP contribution in [0.3, 0.4) is 0 Å². The van der Waals surface area contributed by atoms with Gasteiger partial charge in [-0.15, -0.1) is 0 Å². The molecule has 0 saturated carbocycles. The van der Waals surface area contributed by atoms with E-state index in [1.807, 2.05) is 0 Å². The van der Waals surface area contributed by atoms with Gasteiger partial charge in [0.1, 0.15) is 24.2 Å². The smallest absolute Gasteiger partial charge is 0.301 e. The van der Waals surface area contributed by atoms with Crippen LogP contribution >= 0.6 is 0 Å². The average Bonchev–Trinajstić information content (AvgIpc) is 2.93. The molecule has 2 aromatic heterocycles. The second-order valence-electron chi connectivity index (χ2n) is 4.60. The fourth-order valence-electron chi connectivity index (χ4n) is 1.81. The van der Waals surface area contributed by atoms with Gasteiger partial charge in [-0.25, -0.2) is 14.4 Å². The van der Waals surface area contributed by atoms with Gasteiger partial charge in [0.15, 0.2) is 5.75 Å². The average molecular weight is 314 g/mol. The third-order valence-electron chi connectivity index (χ3n) is 2.75. The summed E-state index contributed by atoms with van der Waals surface area (Å²) in [4.78, 5) is 23.6. The Morgan fingerprint density at radius 2 is 2.00 bits per heavy atom. The zero-order valence-corrected chi connectivity index (χ0v) is 12.0. The number of aryl methyl sites for hydroxylation is 1. The molecule has 2 heterocycles. The second kappa shape index (κ2) is 6.22. The van der Waals surface area contributed by atoms with Crippen molar-refractivity contribution >= 4 is 11.9 Å². The summed E-state index contributed by atoms with van der Waals surface area (Å²) in [6, 6.07) is 3.66. The van der Waals surface area contributed by atoms with Crippen LogP contribution < -0.4 is 10.1 Å². The van der Waals surface area contributed by atoms with Gasteiger partial charge in [0.25, 0.3) is 5.91 Å². The normalized spacial score (nSPS) is 10.3. The molecule has 3 rings (SSSR count). The van der Waals surface area contributed by atoms with Gasteiger partial charge in [-0.3, -0.25) is 10.1 Å². The van der Waals surface area contributed by atoms with E-state index in [2.05, 4.69) is 20.3 Å². The third kappa shape index (κ3) is 3.67. The molecule has 0 radical (unpaired) electrons. The first kappa shape index (κ1) is 14.6. The summed E-state index contributed by atoms with van der Waals surface area (Å²) < 4.78 is 24.2. The number of nitrogens with one attached hydrogen (secondary N) is 1. The third-order valence-corrected chi connectivity index (χ3v) is 2.75. The highest BCUT2D eigenvalue weighted by Crippen LogP contribution is 2.23. The van der Waals surface area contributed by atoms with Crippen molar-refractivity contribution in [1.29, 1.82) is 0 Å². The quantitative estimate of drug-likeness (QED) is 0.796. The van der Waals surface area contributed by atoms with E-state index >= 15 is 0 Å². The van der Waals surface area contributed by atoms with Gasteiger partial charge >= 0.3 is 6.01 Å². The minimum Gasteiger partial charge on any atom is -0.454 e. The number of rotatable bonds is 4. The van der Waals surface area contributed by atoms with Gasteiger partial charge in [-0.05, 0) is 19.1 Å². The molecular formula is C15H11FN4O3. The molecule has 7 nitrogen and oxygen atoms in total. The number of ether oxygens (including phenoxy) is 1. The Balaban J connectivity index is 1.80. The molecule has 0 aliphatic rings. The standard InChI is InChI=1S/C15H11FN4O3/c1-9-7-22-15(19-9)20-14(21)10-2-11(16)4-12(3-10)23-13-5-17-8-18-6-13/h2-8H,1H3,(H,19,20,21). The Kier molecular flexibility index (Phi) is 3.96. The van der Waals surface area contributed by atoms with E-state index in [0.29, 0.717) is 11.4 Å². The van der Waals surface area contributed by atoms with E-state index in [0.717, 1.165) is 12.1 Å². The summed E-state index contributed by atoms with van der Waals surface area (Å²) in [5.41, 5.74) is 0.681. The molecule has 0 saturated heterocycles. The highest BCUT2D eigenvalue weighted by Gasteiger charge is 2.13. The number of halogens is 1. The van der Waals surface area contributed by atoms with Crippen LogP contribution in [0.4, 0.5) is 10.4 Å². The van der Waals surface area contributed by atoms with Crippen molar-refractivity contribution < 1.29 is 18.3 Å². The number of aromatic nitrogens is 3. The molecule has 0 aliphatic heterocycles. The Hall–Kier alpha value is -3.29. The maximum absolute atomic E-state index is 13.7.